The first kappa shape index (κ1) is 56.7. The lowest BCUT2D eigenvalue weighted by Gasteiger charge is -2.30. The second-order valence-corrected chi connectivity index (χ2v) is 21.1. The van der Waals surface area contributed by atoms with Gasteiger partial charge in [0.05, 0.1) is 52.7 Å². The summed E-state index contributed by atoms with van der Waals surface area (Å²) in [5, 5.41) is 91.0. The third-order valence-corrected chi connectivity index (χ3v) is 15.0. The van der Waals surface area contributed by atoms with Crippen LogP contribution in [-0.2, 0) is 28.8 Å². The maximum Gasteiger partial charge on any atom is 0.237 e. The van der Waals surface area contributed by atoms with E-state index < -0.39 is 138 Å². The van der Waals surface area contributed by atoms with Crippen LogP contribution in [0.2, 0.25) is 10.0 Å². The number of carbonyl (C=O) groups excluding carboxylic acids is 6. The molecule has 0 saturated carbocycles. The summed E-state index contributed by atoms with van der Waals surface area (Å²) in [5.41, 5.74) is 5.95. The molecular formula is C56H59Cl2N5O15. The van der Waals surface area contributed by atoms with Crippen LogP contribution in [0.3, 0.4) is 0 Å². The number of Topliss-reactive ketones (excluding diaryl/α,β-unsaturated/α-hetero) is 2. The number of aliphatic hydroxyl groups excluding tert-OH is 3. The van der Waals surface area contributed by atoms with E-state index in [9.17, 15) is 59.7 Å². The summed E-state index contributed by atoms with van der Waals surface area (Å²) in [5.74, 6) is -12.2. The lowest BCUT2D eigenvalue weighted by atomic mass is 9.80. The van der Waals surface area contributed by atoms with Gasteiger partial charge in [0, 0.05) is 42.4 Å². The van der Waals surface area contributed by atoms with E-state index in [0.29, 0.717) is 6.42 Å². The van der Waals surface area contributed by atoms with Crippen LogP contribution in [0.5, 0.6) is 46.0 Å². The number of carbonyl (C=O) groups is 6. The second-order valence-electron chi connectivity index (χ2n) is 20.3. The van der Waals surface area contributed by atoms with E-state index >= 15 is 4.79 Å². The van der Waals surface area contributed by atoms with Crippen LogP contribution >= 0.6 is 23.2 Å². The molecule has 5 heterocycles. The molecule has 5 aromatic rings. The van der Waals surface area contributed by atoms with Gasteiger partial charge < -0.3 is 72.2 Å². The first-order valence-electron chi connectivity index (χ1n) is 25.1. The molecule has 5 aliphatic rings. The van der Waals surface area contributed by atoms with Gasteiger partial charge >= 0.3 is 0 Å². The minimum atomic E-state index is -1.78. The van der Waals surface area contributed by atoms with E-state index in [1.165, 1.54) is 72.8 Å². The van der Waals surface area contributed by atoms with E-state index in [2.05, 4.69) is 21.3 Å². The van der Waals surface area contributed by atoms with Gasteiger partial charge in [-0.25, -0.2) is 0 Å². The minimum Gasteiger partial charge on any atom is -0.508 e. The largest absolute Gasteiger partial charge is 0.508 e. The summed E-state index contributed by atoms with van der Waals surface area (Å²) < 4.78 is 12.5. The molecule has 9 atom stereocenters. The van der Waals surface area contributed by atoms with Crippen LogP contribution < -0.4 is 36.5 Å². The average Bonchev–Trinajstić information content (AvgIpc) is 3.38. The third kappa shape index (κ3) is 12.1. The Morgan fingerprint density at radius 3 is 1.95 bits per heavy atom. The summed E-state index contributed by atoms with van der Waals surface area (Å²) in [6.07, 6.45) is -5.74. The number of benzene rings is 5. The van der Waals surface area contributed by atoms with Crippen molar-refractivity contribution in [3.8, 4) is 57.1 Å². The fourth-order valence-corrected chi connectivity index (χ4v) is 10.8. The van der Waals surface area contributed by atoms with Gasteiger partial charge in [0.15, 0.2) is 17.3 Å². The van der Waals surface area contributed by atoms with Gasteiger partial charge in [0.25, 0.3) is 0 Å². The molecule has 5 aliphatic heterocycles. The monoisotopic (exact) mass is 1110 g/mol. The summed E-state index contributed by atoms with van der Waals surface area (Å²) in [6, 6.07) is 11.8. The molecular weight excluding hydrogens is 1050 g/mol. The highest BCUT2D eigenvalue weighted by molar-refractivity contribution is 6.32. The number of ketones is 2. The zero-order chi connectivity index (χ0) is 56.4. The Kier molecular flexibility index (Phi) is 17.2. The Bertz CT molecular complexity index is 3190. The van der Waals surface area contributed by atoms with E-state index in [1.807, 2.05) is 13.8 Å². The van der Waals surface area contributed by atoms with Gasteiger partial charge in [-0.1, -0.05) is 55.2 Å². The topological polar surface area (TPSA) is 337 Å². The molecule has 0 spiro atoms. The number of phenolic OH excluding ortho intramolecular Hbond substituents is 4. The van der Waals surface area contributed by atoms with Crippen molar-refractivity contribution in [2.75, 3.05) is 13.7 Å². The number of likely N-dealkylation sites (N-methyl/N-ethyl adjacent to an activating group) is 1. The van der Waals surface area contributed by atoms with Crippen molar-refractivity contribution in [3.05, 3.63) is 117 Å². The van der Waals surface area contributed by atoms with Crippen molar-refractivity contribution in [3.63, 3.8) is 0 Å². The maximum absolute atomic E-state index is 15.2. The zero-order valence-electron chi connectivity index (χ0n) is 42.5. The molecule has 0 radical (unpaired) electrons. The van der Waals surface area contributed by atoms with Gasteiger partial charge in [0.1, 0.15) is 46.7 Å². The lowest BCUT2D eigenvalue weighted by molar-refractivity contribution is -0.136. The van der Waals surface area contributed by atoms with Gasteiger partial charge in [-0.2, -0.15) is 0 Å². The number of hydrogen-bond acceptors (Lipinski definition) is 16. The van der Waals surface area contributed by atoms with Crippen molar-refractivity contribution in [1.82, 2.24) is 21.3 Å². The Labute approximate surface area is 457 Å². The summed E-state index contributed by atoms with van der Waals surface area (Å²) in [6.45, 7) is 2.97. The van der Waals surface area contributed by atoms with Crippen LogP contribution in [0.1, 0.15) is 110 Å². The quantitative estimate of drug-likeness (QED) is 0.0824. The second kappa shape index (κ2) is 23.6. The SMILES string of the molecule is CN[C@H](CC(C)C)C(=O)N[C@H]1C(=O)C[C@@H](CC(N)=O)C(=O)N[C@H]2CC[C@@H]3C(=O)C[C@H](C(=O)N[C@H](CO)c4cc(O)cc(O)c4-c4cc3ccc4O)[C@H](O)c3ccc(c(Cl)c3)Oc3cc2cc(c3O)Oc2ccc(cc2Cl)[C@H]1O. The third-order valence-electron chi connectivity index (χ3n) is 14.4. The number of nitrogens with two attached hydrogens (primary N) is 1. The Balaban J connectivity index is 1.33. The molecule has 20 nitrogen and oxygen atoms in total. The van der Waals surface area contributed by atoms with Crippen LogP contribution in [-0.4, -0.2) is 96.7 Å². The maximum atomic E-state index is 15.2. The van der Waals surface area contributed by atoms with Crippen LogP contribution in [0.15, 0.2) is 78.9 Å². The zero-order valence-corrected chi connectivity index (χ0v) is 44.0. The number of fused-ring (bicyclic) bond motifs is 15. The molecule has 0 saturated heterocycles. The predicted molar refractivity (Wildman–Crippen MR) is 283 cm³/mol. The highest BCUT2D eigenvalue weighted by atomic mass is 35.5. The van der Waals surface area contributed by atoms with Crippen molar-refractivity contribution in [2.45, 2.75) is 94.7 Å². The number of hydrogen-bond donors (Lipinski definition) is 12. The molecule has 0 fully saturated rings. The van der Waals surface area contributed by atoms with Crippen molar-refractivity contribution >= 4 is 58.4 Å². The highest BCUT2D eigenvalue weighted by Crippen LogP contribution is 2.49. The van der Waals surface area contributed by atoms with E-state index in [4.69, 9.17) is 38.4 Å². The lowest BCUT2D eigenvalue weighted by Crippen LogP contribution is -2.52. The number of rotatable bonds is 8. The number of primary amides is 1. The molecule has 13 N–H and O–H groups in total. The molecule has 11 bridgehead atoms. The number of aliphatic hydroxyl groups is 3. The first-order valence-corrected chi connectivity index (χ1v) is 25.9. The van der Waals surface area contributed by atoms with Crippen molar-refractivity contribution in [2.24, 2.45) is 23.5 Å². The number of nitrogens with one attached hydrogen (secondary N) is 4. The van der Waals surface area contributed by atoms with E-state index in [1.54, 1.807) is 7.05 Å². The number of phenols is 4. The molecule has 10 rings (SSSR count). The fourth-order valence-electron chi connectivity index (χ4n) is 10.3. The van der Waals surface area contributed by atoms with Crippen molar-refractivity contribution in [1.29, 1.82) is 0 Å². The van der Waals surface area contributed by atoms with E-state index in [-0.39, 0.29) is 90.7 Å². The van der Waals surface area contributed by atoms with Gasteiger partial charge in [-0.3, -0.25) is 28.8 Å². The Hall–Kier alpha value is -7.46. The molecule has 0 unspecified atom stereocenters. The van der Waals surface area contributed by atoms with Crippen LogP contribution in [0.25, 0.3) is 11.1 Å². The first-order chi connectivity index (χ1) is 37.0. The molecule has 78 heavy (non-hydrogen) atoms. The number of aromatic hydroxyl groups is 4. The van der Waals surface area contributed by atoms with Crippen LogP contribution in [0.4, 0.5) is 0 Å². The van der Waals surface area contributed by atoms with Crippen LogP contribution in [0, 0.1) is 17.8 Å². The standard InChI is InChI=1S/C56H59Cl2N5O15/c1-24(2)12-38(60-3)56(76)63-50-43(69)16-29(19-48(59)70)54(74)61-37-8-7-31-25-4-9-40(66)33(13-25)49-32(20-30(65)21-42(49)68)39(23-64)62-55(75)34(22-41(31)67)51(71)26-5-10-44(35(57)14-26)77-46-17-28(37)18-47(53(46)73)78-45-11-6-27(52(50)72)15-36(45)58/h4-6,9-11,13-15,17-18,20-21,24,29,31,34,37-39,50-52,60,64-66,68,71-73H,7-8,12,16,19,22-23H2,1-3H3,(H2,59,70)(H,61,74)(H,62,75)(H,63,76)/t29-,31-,34-,37-,38+,39+,50-,51+,52+/m0/s1. The van der Waals surface area contributed by atoms with E-state index in [0.717, 1.165) is 6.07 Å². The molecule has 0 aliphatic carbocycles. The van der Waals surface area contributed by atoms with Gasteiger partial charge in [0.2, 0.25) is 29.4 Å². The molecule has 0 aromatic heterocycles. The summed E-state index contributed by atoms with van der Waals surface area (Å²) in [7, 11) is 1.56. The summed E-state index contributed by atoms with van der Waals surface area (Å²) >= 11 is 13.7. The molecule has 4 amide bonds. The average molecular weight is 1110 g/mol. The fraction of sp³-hybridized carbons (Fsp3) is 0.357. The number of ether oxygens (including phenoxy) is 2. The highest BCUT2D eigenvalue weighted by Gasteiger charge is 2.40. The minimum absolute atomic E-state index is 0.0301. The number of amides is 4. The molecule has 22 heteroatoms. The van der Waals surface area contributed by atoms with Gasteiger partial charge in [-0.05, 0) is 115 Å². The van der Waals surface area contributed by atoms with Gasteiger partial charge in [-0.15, -0.1) is 0 Å². The summed E-state index contributed by atoms with van der Waals surface area (Å²) in [4.78, 5) is 85.8. The normalized spacial score (nSPS) is 23.0. The Morgan fingerprint density at radius 2 is 1.36 bits per heavy atom. The smallest absolute Gasteiger partial charge is 0.237 e. The predicted octanol–water partition coefficient (Wildman–Crippen LogP) is 6.19. The van der Waals surface area contributed by atoms with Crippen molar-refractivity contribution < 1.29 is 74.0 Å². The number of halogens is 2. The molecule has 5 aromatic carbocycles. The Morgan fingerprint density at radius 1 is 0.731 bits per heavy atom. The molecule has 412 valence electrons.